The molecule has 3 aromatic rings. The van der Waals surface area contributed by atoms with Gasteiger partial charge < -0.3 is 10.1 Å². The monoisotopic (exact) mass is 440 g/mol. The number of nitro benzene ring substituents is 1. The Balaban J connectivity index is 1.92. The van der Waals surface area contributed by atoms with Crippen molar-refractivity contribution in [2.75, 3.05) is 12.4 Å². The van der Waals surface area contributed by atoms with E-state index in [9.17, 15) is 19.7 Å². The lowest BCUT2D eigenvalue weighted by atomic mass is 9.89. The quantitative estimate of drug-likeness (QED) is 0.274. The van der Waals surface area contributed by atoms with Gasteiger partial charge in [0, 0.05) is 22.7 Å². The van der Waals surface area contributed by atoms with Gasteiger partial charge >= 0.3 is 5.97 Å². The van der Waals surface area contributed by atoms with Crippen LogP contribution < -0.4 is 5.32 Å². The number of allylic oxidation sites excluding steroid dienone is 1. The maximum absolute atomic E-state index is 13.5. The van der Waals surface area contributed by atoms with Crippen LogP contribution in [-0.4, -0.2) is 44.0 Å². The van der Waals surface area contributed by atoms with Crippen LogP contribution in [0.2, 0.25) is 5.02 Å². The van der Waals surface area contributed by atoms with Crippen LogP contribution in [0.15, 0.2) is 59.8 Å². The Kier molecular flexibility index (Phi) is 5.17. The van der Waals surface area contributed by atoms with Gasteiger partial charge in [-0.3, -0.25) is 14.9 Å². The van der Waals surface area contributed by atoms with Gasteiger partial charge in [0.05, 0.1) is 17.6 Å². The summed E-state index contributed by atoms with van der Waals surface area (Å²) >= 11 is 5.93. The van der Waals surface area contributed by atoms with Gasteiger partial charge in [-0.25, -0.2) is 4.79 Å². The van der Waals surface area contributed by atoms with E-state index in [1.54, 1.807) is 12.1 Å². The van der Waals surface area contributed by atoms with E-state index in [1.807, 2.05) is 0 Å². The molecular formula is C19H13ClN6O5. The van der Waals surface area contributed by atoms with Crippen molar-refractivity contribution in [3.05, 3.63) is 86.1 Å². The van der Waals surface area contributed by atoms with Crippen molar-refractivity contribution in [2.45, 2.75) is 6.04 Å². The zero-order chi connectivity index (χ0) is 22.1. The first-order chi connectivity index (χ1) is 14.9. The number of carbonyl (C=O) groups is 2. The average Bonchev–Trinajstić information content (AvgIpc) is 3.25. The maximum atomic E-state index is 13.5. The second kappa shape index (κ2) is 7.95. The summed E-state index contributed by atoms with van der Waals surface area (Å²) in [5, 5.41) is 25.6. The molecule has 11 nitrogen and oxygen atoms in total. The summed E-state index contributed by atoms with van der Waals surface area (Å²) in [5.41, 5.74) is 0.485. The van der Waals surface area contributed by atoms with Crippen molar-refractivity contribution in [1.29, 1.82) is 0 Å². The summed E-state index contributed by atoms with van der Waals surface area (Å²) in [4.78, 5) is 36.5. The van der Waals surface area contributed by atoms with Crippen LogP contribution in [0.5, 0.6) is 0 Å². The molecule has 0 saturated carbocycles. The molecule has 0 amide bonds. The van der Waals surface area contributed by atoms with Gasteiger partial charge in [0.1, 0.15) is 11.7 Å². The number of benzene rings is 2. The number of halogens is 1. The number of aromatic nitrogens is 4. The summed E-state index contributed by atoms with van der Waals surface area (Å²) in [6, 6.07) is 10.7. The number of nitrogens with one attached hydrogen (secondary N) is 1. The van der Waals surface area contributed by atoms with Crippen molar-refractivity contribution < 1.29 is 19.2 Å². The number of carbonyl (C=O) groups excluding carboxylic acids is 2. The van der Waals surface area contributed by atoms with Gasteiger partial charge in [-0.15, -0.1) is 0 Å². The van der Waals surface area contributed by atoms with Crippen LogP contribution in [0.3, 0.4) is 0 Å². The van der Waals surface area contributed by atoms with Crippen LogP contribution in [0.25, 0.3) is 0 Å². The molecule has 2 aromatic carbocycles. The predicted molar refractivity (Wildman–Crippen MR) is 107 cm³/mol. The Morgan fingerprint density at radius 2 is 1.84 bits per heavy atom. The number of hydrogen-bond acceptors (Lipinski definition) is 9. The van der Waals surface area contributed by atoms with E-state index >= 15 is 0 Å². The van der Waals surface area contributed by atoms with Crippen molar-refractivity contribution in [1.82, 2.24) is 20.2 Å². The SMILES string of the molecule is COC(=O)C1=C(C(=O)c2ccc(Cl)cc2)[C@H](c2ccc([N+](=O)[O-])cc2)n2nnnc2N1. The molecule has 1 N–H and O–H groups in total. The molecule has 4 rings (SSSR count). The summed E-state index contributed by atoms with van der Waals surface area (Å²) in [7, 11) is 1.18. The molecule has 0 unspecified atom stereocenters. The molecule has 0 aliphatic carbocycles. The molecule has 1 aliphatic rings. The van der Waals surface area contributed by atoms with Crippen molar-refractivity contribution in [3.8, 4) is 0 Å². The molecule has 1 aliphatic heterocycles. The summed E-state index contributed by atoms with van der Waals surface area (Å²) in [5.74, 6) is -1.18. The van der Waals surface area contributed by atoms with Crippen LogP contribution in [0.4, 0.5) is 11.6 Å². The van der Waals surface area contributed by atoms with Gasteiger partial charge in [0.2, 0.25) is 5.95 Å². The number of Topliss-reactive ketones (excluding diaryl/α,β-unsaturated/α-hetero) is 1. The first-order valence-corrected chi connectivity index (χ1v) is 9.20. The lowest BCUT2D eigenvalue weighted by Crippen LogP contribution is -2.32. The number of esters is 1. The van der Waals surface area contributed by atoms with Gasteiger partial charge in [-0.05, 0) is 52.4 Å². The van der Waals surface area contributed by atoms with Crippen molar-refractivity contribution in [3.63, 3.8) is 0 Å². The molecule has 0 saturated heterocycles. The number of anilines is 1. The van der Waals surface area contributed by atoms with Crippen LogP contribution in [-0.2, 0) is 9.53 Å². The number of ether oxygens (including phenoxy) is 1. The molecular weight excluding hydrogens is 428 g/mol. The smallest absolute Gasteiger partial charge is 0.355 e. The number of tetrazole rings is 1. The highest BCUT2D eigenvalue weighted by atomic mass is 35.5. The molecule has 31 heavy (non-hydrogen) atoms. The van der Waals surface area contributed by atoms with Crippen LogP contribution >= 0.6 is 11.6 Å². The van der Waals surface area contributed by atoms with Crippen LogP contribution in [0, 0.1) is 10.1 Å². The Hall–Kier alpha value is -4.12. The fourth-order valence-corrected chi connectivity index (χ4v) is 3.36. The number of nitrogens with zero attached hydrogens (tertiary/aromatic N) is 5. The Labute approximate surface area is 179 Å². The third-order valence-electron chi connectivity index (χ3n) is 4.68. The molecule has 1 aromatic heterocycles. The number of non-ortho nitro benzene ring substituents is 1. The first-order valence-electron chi connectivity index (χ1n) is 8.82. The summed E-state index contributed by atoms with van der Waals surface area (Å²) in [6.07, 6.45) is 0. The van der Waals surface area contributed by atoms with E-state index in [1.165, 1.54) is 48.2 Å². The van der Waals surface area contributed by atoms with Gasteiger partial charge in [0.15, 0.2) is 5.78 Å². The van der Waals surface area contributed by atoms with E-state index in [-0.39, 0.29) is 28.5 Å². The third-order valence-corrected chi connectivity index (χ3v) is 4.93. The lowest BCUT2D eigenvalue weighted by Gasteiger charge is -2.28. The molecule has 12 heteroatoms. The molecule has 156 valence electrons. The normalized spacial score (nSPS) is 15.1. The summed E-state index contributed by atoms with van der Waals surface area (Å²) < 4.78 is 6.17. The number of fused-ring (bicyclic) bond motifs is 1. The molecule has 1 atom stereocenters. The first kappa shape index (κ1) is 20.2. The minimum absolute atomic E-state index is 0.0165. The highest BCUT2D eigenvalue weighted by Gasteiger charge is 2.38. The van der Waals surface area contributed by atoms with E-state index in [0.29, 0.717) is 10.6 Å². The topological polar surface area (TPSA) is 142 Å². The van der Waals surface area contributed by atoms with E-state index in [0.717, 1.165) is 0 Å². The maximum Gasteiger partial charge on any atom is 0.355 e. The molecule has 0 fully saturated rings. The predicted octanol–water partition coefficient (Wildman–Crippen LogP) is 2.56. The van der Waals surface area contributed by atoms with Gasteiger partial charge in [-0.1, -0.05) is 16.7 Å². The Morgan fingerprint density at radius 1 is 1.16 bits per heavy atom. The van der Waals surface area contributed by atoms with E-state index in [4.69, 9.17) is 16.3 Å². The largest absolute Gasteiger partial charge is 0.464 e. The van der Waals surface area contributed by atoms with E-state index in [2.05, 4.69) is 20.8 Å². The van der Waals surface area contributed by atoms with Crippen molar-refractivity contribution >= 4 is 35.0 Å². The number of nitro groups is 1. The third kappa shape index (κ3) is 3.62. The fourth-order valence-electron chi connectivity index (χ4n) is 3.23. The number of methoxy groups -OCH3 is 1. The Bertz CT molecular complexity index is 1220. The molecule has 2 heterocycles. The fraction of sp³-hybridized carbons (Fsp3) is 0.105. The van der Waals surface area contributed by atoms with E-state index < -0.39 is 22.7 Å². The number of hydrogen-bond donors (Lipinski definition) is 1. The molecule has 0 bridgehead atoms. The van der Waals surface area contributed by atoms with Gasteiger partial charge in [0.25, 0.3) is 5.69 Å². The lowest BCUT2D eigenvalue weighted by molar-refractivity contribution is -0.384. The minimum Gasteiger partial charge on any atom is -0.464 e. The Morgan fingerprint density at radius 3 is 2.45 bits per heavy atom. The zero-order valence-corrected chi connectivity index (χ0v) is 16.6. The van der Waals surface area contributed by atoms with Crippen LogP contribution in [0.1, 0.15) is 22.0 Å². The standard InChI is InChI=1S/C19H13ClN6O5/c1-31-18(28)15-14(17(27)11-2-6-12(20)7-3-11)16(25-19(21-15)22-23-24-25)10-4-8-13(9-5-10)26(29)30/h2-9,16H,1H3,(H,21,22,24)/t16-/m0/s1. The highest BCUT2D eigenvalue weighted by molar-refractivity contribution is 6.30. The number of ketones is 1. The van der Waals surface area contributed by atoms with Crippen molar-refractivity contribution in [2.24, 2.45) is 0 Å². The second-order valence-electron chi connectivity index (χ2n) is 6.44. The zero-order valence-electron chi connectivity index (χ0n) is 15.9. The number of rotatable bonds is 5. The summed E-state index contributed by atoms with van der Waals surface area (Å²) in [6.45, 7) is 0. The van der Waals surface area contributed by atoms with Gasteiger partial charge in [-0.2, -0.15) is 4.68 Å². The highest BCUT2D eigenvalue weighted by Crippen LogP contribution is 2.37. The minimum atomic E-state index is -0.940. The average molecular weight is 441 g/mol. The molecule has 0 radical (unpaired) electrons. The molecule has 0 spiro atoms. The second-order valence-corrected chi connectivity index (χ2v) is 6.88.